The van der Waals surface area contributed by atoms with Gasteiger partial charge in [-0.2, -0.15) is 5.10 Å². The fourth-order valence-electron chi connectivity index (χ4n) is 3.34. The van der Waals surface area contributed by atoms with Gasteiger partial charge >= 0.3 is 0 Å². The van der Waals surface area contributed by atoms with E-state index in [0.29, 0.717) is 17.7 Å². The molecule has 4 rings (SSSR count). The van der Waals surface area contributed by atoms with Crippen LogP contribution in [-0.4, -0.2) is 21.5 Å². The van der Waals surface area contributed by atoms with Crippen molar-refractivity contribution >= 4 is 27.5 Å². The molecule has 0 atom stereocenters. The summed E-state index contributed by atoms with van der Waals surface area (Å²) in [7, 11) is 3.50. The Morgan fingerprint density at radius 3 is 2.68 bits per heavy atom. The van der Waals surface area contributed by atoms with Crippen LogP contribution in [0.3, 0.4) is 0 Å². The SMILES string of the molecule is COc1cccc2c3cnn(Cc4cccc(N)c4)c(=O)c3n(C)c12. The van der Waals surface area contributed by atoms with Crippen LogP contribution in [0.5, 0.6) is 5.75 Å². The van der Waals surface area contributed by atoms with Crippen molar-refractivity contribution in [2.24, 2.45) is 7.05 Å². The number of nitrogens with two attached hydrogens (primary N) is 1. The molecule has 0 aliphatic heterocycles. The Balaban J connectivity index is 1.95. The summed E-state index contributed by atoms with van der Waals surface area (Å²) in [6.07, 6.45) is 1.74. The predicted molar refractivity (Wildman–Crippen MR) is 99.0 cm³/mol. The number of nitrogen functional groups attached to an aromatic ring is 1. The van der Waals surface area contributed by atoms with Crippen LogP contribution in [0.15, 0.2) is 53.5 Å². The first-order chi connectivity index (χ1) is 12.1. The summed E-state index contributed by atoms with van der Waals surface area (Å²) in [5.41, 5.74) is 8.79. The molecule has 0 fully saturated rings. The number of hydrogen-bond acceptors (Lipinski definition) is 4. The van der Waals surface area contributed by atoms with Gasteiger partial charge in [0.15, 0.2) is 0 Å². The molecule has 0 bridgehead atoms. The molecule has 0 spiro atoms. The first-order valence-corrected chi connectivity index (χ1v) is 7.96. The van der Waals surface area contributed by atoms with Crippen LogP contribution < -0.4 is 16.0 Å². The molecule has 2 aromatic carbocycles. The summed E-state index contributed by atoms with van der Waals surface area (Å²) < 4.78 is 8.79. The third kappa shape index (κ3) is 2.34. The third-order valence-corrected chi connectivity index (χ3v) is 4.48. The fourth-order valence-corrected chi connectivity index (χ4v) is 3.34. The molecule has 25 heavy (non-hydrogen) atoms. The minimum atomic E-state index is -0.138. The number of fused-ring (bicyclic) bond motifs is 3. The molecule has 0 saturated carbocycles. The molecular weight excluding hydrogens is 316 g/mol. The monoisotopic (exact) mass is 334 g/mol. The molecule has 0 saturated heterocycles. The highest BCUT2D eigenvalue weighted by atomic mass is 16.5. The Labute approximate surface area is 144 Å². The van der Waals surface area contributed by atoms with Crippen molar-refractivity contribution in [2.45, 2.75) is 6.54 Å². The first-order valence-electron chi connectivity index (χ1n) is 7.96. The summed E-state index contributed by atoms with van der Waals surface area (Å²) >= 11 is 0. The van der Waals surface area contributed by atoms with Crippen molar-refractivity contribution in [1.82, 2.24) is 14.3 Å². The largest absolute Gasteiger partial charge is 0.495 e. The van der Waals surface area contributed by atoms with Crippen LogP contribution in [0.2, 0.25) is 0 Å². The van der Waals surface area contributed by atoms with Crippen LogP contribution in [0.1, 0.15) is 5.56 Å². The number of para-hydroxylation sites is 1. The zero-order chi connectivity index (χ0) is 17.6. The summed E-state index contributed by atoms with van der Waals surface area (Å²) in [5, 5.41) is 6.14. The minimum Gasteiger partial charge on any atom is -0.495 e. The molecule has 2 heterocycles. The number of anilines is 1. The molecule has 0 unspecified atom stereocenters. The van der Waals surface area contributed by atoms with E-state index in [-0.39, 0.29) is 5.56 Å². The Kier molecular flexibility index (Phi) is 3.46. The Hall–Kier alpha value is -3.28. The van der Waals surface area contributed by atoms with Gasteiger partial charge in [0.05, 0.1) is 25.4 Å². The molecule has 0 amide bonds. The highest BCUT2D eigenvalue weighted by molar-refractivity contribution is 6.09. The zero-order valence-corrected chi connectivity index (χ0v) is 14.1. The lowest BCUT2D eigenvalue weighted by molar-refractivity contribution is 0.418. The number of aryl methyl sites for hydroxylation is 1. The summed E-state index contributed by atoms with van der Waals surface area (Å²) in [6, 6.07) is 13.2. The van der Waals surface area contributed by atoms with Gasteiger partial charge in [-0.15, -0.1) is 0 Å². The van der Waals surface area contributed by atoms with Gasteiger partial charge < -0.3 is 15.0 Å². The Morgan fingerprint density at radius 2 is 1.92 bits per heavy atom. The number of rotatable bonds is 3. The predicted octanol–water partition coefficient (Wildman–Crippen LogP) is 2.53. The summed E-state index contributed by atoms with van der Waals surface area (Å²) in [4.78, 5) is 13.0. The minimum absolute atomic E-state index is 0.138. The second kappa shape index (κ2) is 5.66. The van der Waals surface area contributed by atoms with Gasteiger partial charge in [0.25, 0.3) is 5.56 Å². The normalized spacial score (nSPS) is 11.3. The molecule has 0 aliphatic carbocycles. The van der Waals surface area contributed by atoms with Crippen LogP contribution in [-0.2, 0) is 13.6 Å². The third-order valence-electron chi connectivity index (χ3n) is 4.48. The van der Waals surface area contributed by atoms with Crippen molar-refractivity contribution in [1.29, 1.82) is 0 Å². The van der Waals surface area contributed by atoms with E-state index in [9.17, 15) is 4.79 Å². The summed E-state index contributed by atoms with van der Waals surface area (Å²) in [5.74, 6) is 0.734. The Morgan fingerprint density at radius 1 is 1.12 bits per heavy atom. The smallest absolute Gasteiger partial charge is 0.291 e. The lowest BCUT2D eigenvalue weighted by Gasteiger charge is -2.06. The van der Waals surface area contributed by atoms with Gasteiger partial charge in [-0.05, 0) is 23.8 Å². The van der Waals surface area contributed by atoms with E-state index in [4.69, 9.17) is 10.5 Å². The maximum atomic E-state index is 13.0. The van der Waals surface area contributed by atoms with Crippen molar-refractivity contribution in [3.63, 3.8) is 0 Å². The second-order valence-corrected chi connectivity index (χ2v) is 6.03. The lowest BCUT2D eigenvalue weighted by atomic mass is 10.2. The van der Waals surface area contributed by atoms with Gasteiger partial charge in [0, 0.05) is 23.5 Å². The molecule has 0 radical (unpaired) electrons. The van der Waals surface area contributed by atoms with Crippen molar-refractivity contribution in [3.8, 4) is 5.75 Å². The Bertz CT molecular complexity index is 1160. The number of benzene rings is 2. The van der Waals surface area contributed by atoms with Gasteiger partial charge in [-0.25, -0.2) is 4.68 Å². The van der Waals surface area contributed by atoms with E-state index in [0.717, 1.165) is 27.6 Å². The van der Waals surface area contributed by atoms with Gasteiger partial charge in [-0.1, -0.05) is 24.3 Å². The van der Waals surface area contributed by atoms with Crippen molar-refractivity contribution in [3.05, 3.63) is 64.6 Å². The van der Waals surface area contributed by atoms with E-state index >= 15 is 0 Å². The zero-order valence-electron chi connectivity index (χ0n) is 14.1. The lowest BCUT2D eigenvalue weighted by Crippen LogP contribution is -2.24. The highest BCUT2D eigenvalue weighted by Gasteiger charge is 2.16. The first kappa shape index (κ1) is 15.3. The number of aromatic nitrogens is 3. The number of methoxy groups -OCH3 is 1. The highest BCUT2D eigenvalue weighted by Crippen LogP contribution is 2.32. The maximum Gasteiger partial charge on any atom is 0.291 e. The van der Waals surface area contributed by atoms with Crippen LogP contribution in [0, 0.1) is 0 Å². The molecule has 2 aromatic heterocycles. The molecular formula is C19H18N4O2. The topological polar surface area (TPSA) is 75.1 Å². The molecule has 2 N–H and O–H groups in total. The number of ether oxygens (including phenoxy) is 1. The van der Waals surface area contributed by atoms with Crippen molar-refractivity contribution in [2.75, 3.05) is 12.8 Å². The van der Waals surface area contributed by atoms with Gasteiger partial charge in [0.1, 0.15) is 11.3 Å². The van der Waals surface area contributed by atoms with E-state index in [1.165, 1.54) is 4.68 Å². The molecule has 6 heteroatoms. The van der Waals surface area contributed by atoms with E-state index in [1.807, 2.05) is 54.1 Å². The molecule has 6 nitrogen and oxygen atoms in total. The van der Waals surface area contributed by atoms with Gasteiger partial charge in [0.2, 0.25) is 0 Å². The van der Waals surface area contributed by atoms with Crippen molar-refractivity contribution < 1.29 is 4.74 Å². The maximum absolute atomic E-state index is 13.0. The van der Waals surface area contributed by atoms with E-state index < -0.39 is 0 Å². The molecule has 126 valence electrons. The van der Waals surface area contributed by atoms with E-state index in [1.54, 1.807) is 13.3 Å². The van der Waals surface area contributed by atoms with E-state index in [2.05, 4.69) is 5.10 Å². The average Bonchev–Trinajstić information content (AvgIpc) is 2.91. The number of hydrogen-bond donors (Lipinski definition) is 1. The molecule has 0 aliphatic rings. The standard InChI is InChI=1S/C19H18N4O2/c1-22-17-14(7-4-8-16(17)25-2)15-10-21-23(19(24)18(15)22)11-12-5-3-6-13(20)9-12/h3-10H,11,20H2,1-2H3. The average molecular weight is 334 g/mol. The number of nitrogens with zero attached hydrogens (tertiary/aromatic N) is 3. The second-order valence-electron chi connectivity index (χ2n) is 6.03. The summed E-state index contributed by atoms with van der Waals surface area (Å²) in [6.45, 7) is 0.373. The van der Waals surface area contributed by atoms with Crippen LogP contribution >= 0.6 is 0 Å². The van der Waals surface area contributed by atoms with Crippen LogP contribution in [0.4, 0.5) is 5.69 Å². The van der Waals surface area contributed by atoms with Crippen LogP contribution in [0.25, 0.3) is 21.8 Å². The fraction of sp³-hybridized carbons (Fsp3) is 0.158. The quantitative estimate of drug-likeness (QED) is 0.584. The van der Waals surface area contributed by atoms with Gasteiger partial charge in [-0.3, -0.25) is 4.79 Å². The molecule has 4 aromatic rings.